The van der Waals surface area contributed by atoms with Crippen molar-refractivity contribution in [1.82, 2.24) is 19.5 Å². The van der Waals surface area contributed by atoms with E-state index in [-0.39, 0.29) is 45.8 Å². The zero-order valence-electron chi connectivity index (χ0n) is 24.0. The van der Waals surface area contributed by atoms with Gasteiger partial charge in [-0.2, -0.15) is 35.2 Å². The molecular formula is C24H24N8O12S3. The minimum atomic E-state index is -4.92. The fourth-order valence-corrected chi connectivity index (χ4v) is 5.89. The van der Waals surface area contributed by atoms with Crippen molar-refractivity contribution < 1.29 is 44.0 Å². The summed E-state index contributed by atoms with van der Waals surface area (Å²) >= 11 is 0. The van der Waals surface area contributed by atoms with Crippen LogP contribution in [-0.4, -0.2) is 63.5 Å². The number of nitrogens with zero attached hydrogens (tertiary/aromatic N) is 5. The van der Waals surface area contributed by atoms with Crippen molar-refractivity contribution in [3.05, 3.63) is 74.4 Å². The van der Waals surface area contributed by atoms with Crippen LogP contribution in [-0.2, 0) is 42.7 Å². The van der Waals surface area contributed by atoms with Crippen LogP contribution in [0.15, 0.2) is 72.1 Å². The lowest BCUT2D eigenvalue weighted by atomic mass is 10.1. The molecule has 2 heterocycles. The van der Waals surface area contributed by atoms with E-state index in [4.69, 9.17) is 4.55 Å². The predicted molar refractivity (Wildman–Crippen MR) is 164 cm³/mol. The Labute approximate surface area is 265 Å². The number of aromatic nitrogens is 4. The third-order valence-corrected chi connectivity index (χ3v) is 8.66. The number of rotatable bonds is 11. The van der Waals surface area contributed by atoms with Gasteiger partial charge in [-0.3, -0.25) is 28.0 Å². The van der Waals surface area contributed by atoms with Gasteiger partial charge in [0.25, 0.3) is 35.9 Å². The lowest BCUT2D eigenvalue weighted by Crippen LogP contribution is -2.22. The molecule has 0 spiro atoms. The van der Waals surface area contributed by atoms with Crippen LogP contribution in [0.4, 0.5) is 34.6 Å². The first-order valence-corrected chi connectivity index (χ1v) is 17.3. The zero-order chi connectivity index (χ0) is 34.9. The minimum absolute atomic E-state index is 0.0182. The van der Waals surface area contributed by atoms with E-state index in [0.29, 0.717) is 0 Å². The second kappa shape index (κ2) is 13.0. The Morgan fingerprint density at radius 1 is 0.872 bits per heavy atom. The minimum Gasteiger partial charge on any atom is -0.494 e. The number of nitrogens with one attached hydrogen (secondary N) is 3. The monoisotopic (exact) mass is 712 g/mol. The summed E-state index contributed by atoms with van der Waals surface area (Å²) in [5.74, 6) is -2.31. The highest BCUT2D eigenvalue weighted by molar-refractivity contribution is 7.86. The molecule has 0 atom stereocenters. The molecule has 4 rings (SSSR count). The predicted octanol–water partition coefficient (Wildman–Crippen LogP) is 2.14. The number of hydrogen-bond acceptors (Lipinski definition) is 15. The van der Waals surface area contributed by atoms with E-state index < -0.39 is 69.5 Å². The molecule has 0 amide bonds. The number of anilines is 4. The van der Waals surface area contributed by atoms with Gasteiger partial charge < -0.3 is 15.7 Å². The quantitative estimate of drug-likeness (QED) is 0.0865. The molecule has 4 aromatic rings. The maximum Gasteiger partial charge on any atom is 0.351 e. The van der Waals surface area contributed by atoms with Crippen molar-refractivity contribution >= 4 is 65.0 Å². The fourth-order valence-electron chi connectivity index (χ4n) is 4.10. The molecule has 0 aliphatic heterocycles. The molecule has 20 nitrogen and oxygen atoms in total. The molecule has 0 unspecified atom stereocenters. The van der Waals surface area contributed by atoms with Crippen LogP contribution in [0.3, 0.4) is 0 Å². The van der Waals surface area contributed by atoms with Gasteiger partial charge in [0.1, 0.15) is 16.3 Å². The standard InChI is InChI=1S/C24H24N8O12S3/c1-3-32-20(33)16(11-45(36,37)38)12(2)19(21(32)34)31-30-17-10-14(6-9-18(17)47(42,43)44)26-23-27-22(28-24(35)29-23)25-13-4-7-15(8-5-13)46(39,40)41/h4-10,33H,3,11H2,1-2H3,(H,36,37,38)(H,39,40,41)(H,42,43,44)(H3,25,26,27,28,29,35). The maximum absolute atomic E-state index is 13.0. The van der Waals surface area contributed by atoms with Crippen LogP contribution in [0, 0.1) is 6.92 Å². The number of H-pyrrole nitrogens is 1. The third-order valence-electron chi connectivity index (χ3n) is 6.24. The highest BCUT2D eigenvalue weighted by atomic mass is 32.2. The van der Waals surface area contributed by atoms with Gasteiger partial charge in [-0.15, -0.1) is 10.2 Å². The van der Waals surface area contributed by atoms with E-state index in [0.717, 1.165) is 34.9 Å². The molecule has 7 N–H and O–H groups in total. The Morgan fingerprint density at radius 3 is 2.09 bits per heavy atom. The molecule has 2 aromatic carbocycles. The van der Waals surface area contributed by atoms with Crippen molar-refractivity contribution in [3.63, 3.8) is 0 Å². The first kappa shape index (κ1) is 34.8. The number of aromatic amines is 1. The maximum atomic E-state index is 13.0. The Bertz CT molecular complexity index is 2360. The van der Waals surface area contributed by atoms with Crippen LogP contribution in [0.25, 0.3) is 0 Å². The largest absolute Gasteiger partial charge is 0.494 e. The molecule has 0 radical (unpaired) electrons. The number of aromatic hydroxyl groups is 1. The summed E-state index contributed by atoms with van der Waals surface area (Å²) in [5.41, 5.74) is -3.16. The van der Waals surface area contributed by atoms with Gasteiger partial charge in [0.05, 0.1) is 4.90 Å². The van der Waals surface area contributed by atoms with Gasteiger partial charge in [-0.25, -0.2) is 4.79 Å². The average molecular weight is 713 g/mol. The van der Waals surface area contributed by atoms with Crippen LogP contribution < -0.4 is 21.9 Å². The highest BCUT2D eigenvalue weighted by Crippen LogP contribution is 2.33. The summed E-state index contributed by atoms with van der Waals surface area (Å²) in [6.45, 7) is 2.53. The van der Waals surface area contributed by atoms with E-state index in [1.807, 2.05) is 0 Å². The smallest absolute Gasteiger partial charge is 0.351 e. The fraction of sp³-hybridized carbons (Fsp3) is 0.167. The lowest BCUT2D eigenvalue weighted by Gasteiger charge is -2.14. The first-order chi connectivity index (χ1) is 21.8. The van der Waals surface area contributed by atoms with Crippen LogP contribution >= 0.6 is 0 Å². The van der Waals surface area contributed by atoms with Crippen molar-refractivity contribution in [2.24, 2.45) is 10.2 Å². The third kappa shape index (κ3) is 8.40. The Hall–Kier alpha value is -5.07. The molecule has 0 bridgehead atoms. The molecule has 0 saturated heterocycles. The molecule has 47 heavy (non-hydrogen) atoms. The Morgan fingerprint density at radius 2 is 1.51 bits per heavy atom. The van der Waals surface area contributed by atoms with Gasteiger partial charge in [-0.05, 0) is 61.9 Å². The molecular weight excluding hydrogens is 689 g/mol. The lowest BCUT2D eigenvalue weighted by molar-refractivity contribution is 0.403. The second-order valence-corrected chi connectivity index (χ2v) is 13.7. The summed E-state index contributed by atoms with van der Waals surface area (Å²) in [5, 5.41) is 23.3. The summed E-state index contributed by atoms with van der Waals surface area (Å²) in [4.78, 5) is 34.0. The summed E-state index contributed by atoms with van der Waals surface area (Å²) < 4.78 is 98.7. The summed E-state index contributed by atoms with van der Waals surface area (Å²) in [6, 6.07) is 7.82. The van der Waals surface area contributed by atoms with Crippen LogP contribution in [0.1, 0.15) is 18.1 Å². The van der Waals surface area contributed by atoms with Gasteiger partial charge in [0, 0.05) is 23.5 Å². The zero-order valence-corrected chi connectivity index (χ0v) is 26.4. The van der Waals surface area contributed by atoms with Gasteiger partial charge in [-0.1, -0.05) is 0 Å². The van der Waals surface area contributed by atoms with E-state index in [9.17, 15) is 49.1 Å². The molecule has 0 aliphatic carbocycles. The van der Waals surface area contributed by atoms with Crippen molar-refractivity contribution in [2.45, 2.75) is 35.9 Å². The highest BCUT2D eigenvalue weighted by Gasteiger charge is 2.23. The summed E-state index contributed by atoms with van der Waals surface area (Å²) in [7, 11) is -14.0. The van der Waals surface area contributed by atoms with E-state index in [1.54, 1.807) is 0 Å². The Balaban J connectivity index is 1.73. The van der Waals surface area contributed by atoms with Gasteiger partial charge in [0.15, 0.2) is 11.6 Å². The molecule has 23 heteroatoms. The van der Waals surface area contributed by atoms with Gasteiger partial charge >= 0.3 is 5.69 Å². The summed E-state index contributed by atoms with van der Waals surface area (Å²) in [6.07, 6.45) is 0. The molecule has 0 aliphatic rings. The molecule has 0 saturated carbocycles. The number of hydrogen-bond donors (Lipinski definition) is 7. The molecule has 250 valence electrons. The first-order valence-electron chi connectivity index (χ1n) is 12.8. The van der Waals surface area contributed by atoms with Crippen molar-refractivity contribution in [1.29, 1.82) is 0 Å². The average Bonchev–Trinajstić information content (AvgIpc) is 2.94. The van der Waals surface area contributed by atoms with Crippen molar-refractivity contribution in [2.75, 3.05) is 10.6 Å². The number of pyridine rings is 1. The van der Waals surface area contributed by atoms with Crippen LogP contribution in [0.2, 0.25) is 0 Å². The SMILES string of the molecule is CCn1c(O)c(CS(=O)(=O)O)c(C)c(N=Nc2cc(Nc3nc(Nc4ccc(S(=O)(=O)O)cc4)nc(=O)[nH]3)ccc2S(=O)(=O)O)c1=O. The number of azo groups is 1. The molecule has 0 fully saturated rings. The van der Waals surface area contributed by atoms with E-state index >= 15 is 0 Å². The van der Waals surface area contributed by atoms with E-state index in [1.165, 1.54) is 26.0 Å². The normalized spacial score (nSPS) is 12.4. The van der Waals surface area contributed by atoms with Crippen LogP contribution in [0.5, 0.6) is 5.88 Å². The van der Waals surface area contributed by atoms with Gasteiger partial charge in [0.2, 0.25) is 11.9 Å². The van der Waals surface area contributed by atoms with E-state index in [2.05, 4.69) is 35.8 Å². The molecule has 2 aromatic heterocycles. The Kier molecular flexibility index (Phi) is 9.60. The number of benzene rings is 2. The van der Waals surface area contributed by atoms with Crippen molar-refractivity contribution in [3.8, 4) is 5.88 Å². The topological polar surface area (TPSA) is 313 Å². The second-order valence-electron chi connectivity index (χ2n) is 9.48.